The SMILES string of the molecule is O=C(NN1CCC[C@H]1C(=O)O)OCc1ccccc1. The lowest BCUT2D eigenvalue weighted by molar-refractivity contribution is -0.142. The van der Waals surface area contributed by atoms with Crippen LogP contribution in [0.1, 0.15) is 18.4 Å². The minimum absolute atomic E-state index is 0.165. The molecule has 0 radical (unpaired) electrons. The van der Waals surface area contributed by atoms with Crippen molar-refractivity contribution in [3.63, 3.8) is 0 Å². The predicted octanol–water partition coefficient (Wildman–Crippen LogP) is 1.38. The summed E-state index contributed by atoms with van der Waals surface area (Å²) in [5, 5.41) is 10.4. The summed E-state index contributed by atoms with van der Waals surface area (Å²) < 4.78 is 5.03. The number of ether oxygens (including phenoxy) is 1. The molecule has 0 aliphatic carbocycles. The third-order valence-corrected chi connectivity index (χ3v) is 2.99. The van der Waals surface area contributed by atoms with Crippen molar-refractivity contribution in [3.8, 4) is 0 Å². The van der Waals surface area contributed by atoms with Gasteiger partial charge in [-0.25, -0.2) is 9.80 Å². The Labute approximate surface area is 110 Å². The lowest BCUT2D eigenvalue weighted by Gasteiger charge is -2.21. The van der Waals surface area contributed by atoms with Gasteiger partial charge >= 0.3 is 12.1 Å². The normalized spacial score (nSPS) is 19.1. The number of benzene rings is 1. The Kier molecular flexibility index (Phi) is 4.35. The molecule has 1 aromatic carbocycles. The molecule has 2 N–H and O–H groups in total. The Morgan fingerprint density at radius 3 is 2.79 bits per heavy atom. The van der Waals surface area contributed by atoms with Gasteiger partial charge in [-0.3, -0.25) is 10.2 Å². The molecule has 19 heavy (non-hydrogen) atoms. The molecule has 1 fully saturated rings. The fourth-order valence-electron chi connectivity index (χ4n) is 2.03. The van der Waals surface area contributed by atoms with Crippen molar-refractivity contribution in [2.24, 2.45) is 0 Å². The summed E-state index contributed by atoms with van der Waals surface area (Å²) in [4.78, 5) is 22.5. The Balaban J connectivity index is 1.80. The molecule has 1 atom stereocenters. The quantitative estimate of drug-likeness (QED) is 0.858. The van der Waals surface area contributed by atoms with E-state index in [9.17, 15) is 9.59 Å². The molecule has 0 aromatic heterocycles. The van der Waals surface area contributed by atoms with Crippen molar-refractivity contribution in [2.45, 2.75) is 25.5 Å². The lowest BCUT2D eigenvalue weighted by Crippen LogP contribution is -2.48. The third-order valence-electron chi connectivity index (χ3n) is 2.99. The summed E-state index contributed by atoms with van der Waals surface area (Å²) in [6.45, 7) is 0.690. The van der Waals surface area contributed by atoms with E-state index in [2.05, 4.69) is 5.43 Å². The number of amides is 1. The molecular weight excluding hydrogens is 248 g/mol. The molecule has 0 unspecified atom stereocenters. The second-order valence-electron chi connectivity index (χ2n) is 4.36. The molecule has 2 rings (SSSR count). The molecule has 102 valence electrons. The Bertz CT molecular complexity index is 449. The van der Waals surface area contributed by atoms with Crippen molar-refractivity contribution in [1.82, 2.24) is 10.4 Å². The number of carboxylic acids is 1. The fourth-order valence-corrected chi connectivity index (χ4v) is 2.03. The van der Waals surface area contributed by atoms with Gasteiger partial charge in [-0.1, -0.05) is 30.3 Å². The standard InChI is InChI=1S/C13H16N2O4/c16-12(17)11-7-4-8-15(11)14-13(18)19-9-10-5-2-1-3-6-10/h1-3,5-6,11H,4,7-9H2,(H,14,18)(H,16,17)/t11-/m0/s1. The lowest BCUT2D eigenvalue weighted by atomic mass is 10.2. The largest absolute Gasteiger partial charge is 0.480 e. The summed E-state index contributed by atoms with van der Waals surface area (Å²) >= 11 is 0. The summed E-state index contributed by atoms with van der Waals surface area (Å²) in [5.74, 6) is -0.930. The molecule has 1 saturated heterocycles. The second kappa shape index (κ2) is 6.19. The van der Waals surface area contributed by atoms with Gasteiger partial charge in [-0.05, 0) is 18.4 Å². The summed E-state index contributed by atoms with van der Waals surface area (Å²) in [5.41, 5.74) is 3.36. The van der Waals surface area contributed by atoms with Crippen LogP contribution in [0.2, 0.25) is 0 Å². The minimum Gasteiger partial charge on any atom is -0.480 e. The van der Waals surface area contributed by atoms with Crippen LogP contribution in [-0.2, 0) is 16.1 Å². The van der Waals surface area contributed by atoms with Gasteiger partial charge < -0.3 is 9.84 Å². The number of aliphatic carboxylic acids is 1. The van der Waals surface area contributed by atoms with E-state index in [1.807, 2.05) is 30.3 Å². The molecule has 6 heteroatoms. The predicted molar refractivity (Wildman–Crippen MR) is 67.1 cm³/mol. The van der Waals surface area contributed by atoms with Crippen LogP contribution in [0, 0.1) is 0 Å². The molecule has 1 heterocycles. The van der Waals surface area contributed by atoms with Gasteiger partial charge in [0.25, 0.3) is 0 Å². The van der Waals surface area contributed by atoms with E-state index in [4.69, 9.17) is 9.84 Å². The van der Waals surface area contributed by atoms with Crippen LogP contribution >= 0.6 is 0 Å². The average molecular weight is 264 g/mol. The van der Waals surface area contributed by atoms with Gasteiger partial charge in [0.15, 0.2) is 0 Å². The minimum atomic E-state index is -0.930. The van der Waals surface area contributed by atoms with Gasteiger partial charge in [-0.2, -0.15) is 0 Å². The molecule has 1 aromatic rings. The molecule has 0 saturated carbocycles. The highest BCUT2D eigenvalue weighted by Gasteiger charge is 2.31. The van der Waals surface area contributed by atoms with E-state index in [1.54, 1.807) is 0 Å². The fraction of sp³-hybridized carbons (Fsp3) is 0.385. The smallest absolute Gasteiger partial charge is 0.422 e. The van der Waals surface area contributed by atoms with E-state index in [-0.39, 0.29) is 6.61 Å². The van der Waals surface area contributed by atoms with E-state index in [0.29, 0.717) is 13.0 Å². The van der Waals surface area contributed by atoms with Crippen LogP contribution in [0.5, 0.6) is 0 Å². The first-order chi connectivity index (χ1) is 9.16. The number of rotatable bonds is 4. The Morgan fingerprint density at radius 1 is 1.37 bits per heavy atom. The number of nitrogens with one attached hydrogen (secondary N) is 1. The first kappa shape index (κ1) is 13.4. The maximum atomic E-state index is 11.6. The monoisotopic (exact) mass is 264 g/mol. The molecular formula is C13H16N2O4. The van der Waals surface area contributed by atoms with Crippen molar-refractivity contribution >= 4 is 12.1 Å². The first-order valence-electron chi connectivity index (χ1n) is 6.13. The highest BCUT2D eigenvalue weighted by Crippen LogP contribution is 2.14. The van der Waals surface area contributed by atoms with Crippen molar-refractivity contribution in [3.05, 3.63) is 35.9 Å². The summed E-state index contributed by atoms with van der Waals surface area (Å²) in [6.07, 6.45) is 0.654. The van der Waals surface area contributed by atoms with Crippen LogP contribution in [0.4, 0.5) is 4.79 Å². The van der Waals surface area contributed by atoms with Crippen molar-refractivity contribution < 1.29 is 19.4 Å². The van der Waals surface area contributed by atoms with E-state index >= 15 is 0 Å². The van der Waals surface area contributed by atoms with Crippen LogP contribution in [0.15, 0.2) is 30.3 Å². The van der Waals surface area contributed by atoms with Gasteiger partial charge in [0.1, 0.15) is 12.6 Å². The van der Waals surface area contributed by atoms with E-state index in [0.717, 1.165) is 12.0 Å². The van der Waals surface area contributed by atoms with E-state index < -0.39 is 18.1 Å². The highest BCUT2D eigenvalue weighted by molar-refractivity contribution is 5.75. The molecule has 1 aliphatic heterocycles. The Morgan fingerprint density at radius 2 is 2.11 bits per heavy atom. The van der Waals surface area contributed by atoms with Crippen LogP contribution in [0.25, 0.3) is 0 Å². The number of nitrogens with zero attached hydrogens (tertiary/aromatic N) is 1. The topological polar surface area (TPSA) is 78.9 Å². The first-order valence-corrected chi connectivity index (χ1v) is 6.13. The van der Waals surface area contributed by atoms with Crippen LogP contribution < -0.4 is 5.43 Å². The number of hydrazine groups is 1. The van der Waals surface area contributed by atoms with Gasteiger partial charge in [0.2, 0.25) is 0 Å². The number of hydrogen-bond acceptors (Lipinski definition) is 4. The zero-order valence-corrected chi connectivity index (χ0v) is 10.4. The van der Waals surface area contributed by atoms with Crippen molar-refractivity contribution in [1.29, 1.82) is 0 Å². The zero-order valence-electron chi connectivity index (χ0n) is 10.4. The van der Waals surface area contributed by atoms with Crippen LogP contribution in [-0.4, -0.2) is 34.8 Å². The molecule has 1 amide bonds. The van der Waals surface area contributed by atoms with Gasteiger partial charge in [0, 0.05) is 6.54 Å². The van der Waals surface area contributed by atoms with Gasteiger partial charge in [-0.15, -0.1) is 0 Å². The maximum Gasteiger partial charge on any atom is 0.422 e. The number of carbonyl (C=O) groups excluding carboxylic acids is 1. The summed E-state index contributed by atoms with van der Waals surface area (Å²) in [7, 11) is 0. The Hall–Kier alpha value is -2.08. The van der Waals surface area contributed by atoms with Gasteiger partial charge in [0.05, 0.1) is 0 Å². The molecule has 0 bridgehead atoms. The third kappa shape index (κ3) is 3.69. The summed E-state index contributed by atoms with van der Waals surface area (Å²) in [6, 6.07) is 8.64. The molecule has 0 spiro atoms. The molecule has 1 aliphatic rings. The van der Waals surface area contributed by atoms with E-state index in [1.165, 1.54) is 5.01 Å². The highest BCUT2D eigenvalue weighted by atomic mass is 16.6. The number of carbonyl (C=O) groups is 2. The zero-order chi connectivity index (χ0) is 13.7. The average Bonchev–Trinajstić information content (AvgIpc) is 2.86. The van der Waals surface area contributed by atoms with Crippen LogP contribution in [0.3, 0.4) is 0 Å². The number of carboxylic acid groups (broad SMARTS) is 1. The molecule has 6 nitrogen and oxygen atoms in total. The maximum absolute atomic E-state index is 11.6. The second-order valence-corrected chi connectivity index (χ2v) is 4.36. The number of hydrogen-bond donors (Lipinski definition) is 2. The van der Waals surface area contributed by atoms with Crippen molar-refractivity contribution in [2.75, 3.05) is 6.54 Å².